The number of phenols is 1. The maximum absolute atomic E-state index is 15.0. The van der Waals surface area contributed by atoms with E-state index >= 15 is 0 Å². The standard InChI is InChI=1S/C36H43FN4O5/c1-9-17-45-36(7)13-15-40(16-14-36)33-30(32(34(43)44-8)46-35(4,5)6)23(3)38-29-21-27(39-41(29)33)24-11-10-12-25(20-24)31-26(37)18-22(2)19-28(31)42/h9-12,18-21,32,42H,1,13-17H2,2-8H3/t32-/m0/s1. The van der Waals surface area contributed by atoms with Crippen LogP contribution in [0.5, 0.6) is 5.75 Å². The third kappa shape index (κ3) is 6.78. The van der Waals surface area contributed by atoms with E-state index in [0.29, 0.717) is 64.8 Å². The van der Waals surface area contributed by atoms with Crippen LogP contribution in [0.4, 0.5) is 10.2 Å². The zero-order valence-electron chi connectivity index (χ0n) is 27.7. The molecule has 5 rings (SSSR count). The summed E-state index contributed by atoms with van der Waals surface area (Å²) in [4.78, 5) is 20.4. The number of halogens is 1. The Hall–Kier alpha value is -4.28. The van der Waals surface area contributed by atoms with Crippen LogP contribution in [0.1, 0.15) is 63.5 Å². The molecule has 10 heteroatoms. The molecule has 0 aliphatic carbocycles. The number of hydrogen-bond donors (Lipinski definition) is 1. The molecule has 9 nitrogen and oxygen atoms in total. The fraction of sp³-hybridized carbons (Fsp3) is 0.417. The molecule has 1 N–H and O–H groups in total. The predicted octanol–water partition coefficient (Wildman–Crippen LogP) is 7.12. The normalized spacial score (nSPS) is 15.6. The van der Waals surface area contributed by atoms with E-state index in [4.69, 9.17) is 24.3 Å². The van der Waals surface area contributed by atoms with E-state index in [1.807, 2.05) is 39.8 Å². The molecule has 0 amide bonds. The first kappa shape index (κ1) is 33.1. The van der Waals surface area contributed by atoms with Crippen molar-refractivity contribution in [1.29, 1.82) is 0 Å². The Morgan fingerprint density at radius 2 is 1.85 bits per heavy atom. The Bertz CT molecular complexity index is 1750. The number of aromatic hydroxyl groups is 1. The highest BCUT2D eigenvalue weighted by atomic mass is 19.1. The molecule has 244 valence electrons. The van der Waals surface area contributed by atoms with Gasteiger partial charge in [0.05, 0.1) is 41.7 Å². The summed E-state index contributed by atoms with van der Waals surface area (Å²) in [5, 5.41) is 15.6. The van der Waals surface area contributed by atoms with Crippen LogP contribution in [-0.4, -0.2) is 63.7 Å². The molecule has 2 aromatic heterocycles. The molecule has 0 bridgehead atoms. The minimum atomic E-state index is -1.05. The van der Waals surface area contributed by atoms with E-state index in [2.05, 4.69) is 18.4 Å². The molecule has 0 saturated carbocycles. The number of fused-ring (bicyclic) bond motifs is 1. The summed E-state index contributed by atoms with van der Waals surface area (Å²) >= 11 is 0. The first-order valence-corrected chi connectivity index (χ1v) is 15.5. The molecule has 0 spiro atoms. The number of hydrogen-bond acceptors (Lipinski definition) is 8. The lowest BCUT2D eigenvalue weighted by Crippen LogP contribution is -2.45. The lowest BCUT2D eigenvalue weighted by molar-refractivity contribution is -0.164. The van der Waals surface area contributed by atoms with Crippen molar-refractivity contribution in [3.8, 4) is 28.1 Å². The monoisotopic (exact) mass is 630 g/mol. The Labute approximate surface area is 269 Å². The van der Waals surface area contributed by atoms with Gasteiger partial charge < -0.3 is 24.2 Å². The van der Waals surface area contributed by atoms with Crippen LogP contribution in [-0.2, 0) is 19.0 Å². The fourth-order valence-electron chi connectivity index (χ4n) is 5.99. The van der Waals surface area contributed by atoms with Crippen molar-refractivity contribution in [3.05, 3.63) is 77.8 Å². The molecule has 3 heterocycles. The second-order valence-electron chi connectivity index (χ2n) is 13.1. The van der Waals surface area contributed by atoms with Gasteiger partial charge in [-0.2, -0.15) is 9.61 Å². The number of rotatable bonds is 9. The van der Waals surface area contributed by atoms with Crippen molar-refractivity contribution in [2.24, 2.45) is 0 Å². The third-order valence-electron chi connectivity index (χ3n) is 8.28. The van der Waals surface area contributed by atoms with E-state index in [-0.39, 0.29) is 16.9 Å². The first-order valence-electron chi connectivity index (χ1n) is 15.5. The van der Waals surface area contributed by atoms with Gasteiger partial charge in [-0.25, -0.2) is 14.2 Å². The fourth-order valence-corrected chi connectivity index (χ4v) is 5.99. The number of ether oxygens (including phenoxy) is 3. The van der Waals surface area contributed by atoms with Crippen molar-refractivity contribution >= 4 is 17.4 Å². The van der Waals surface area contributed by atoms with Gasteiger partial charge in [-0.05, 0) is 83.7 Å². The van der Waals surface area contributed by atoms with Crippen molar-refractivity contribution in [3.63, 3.8) is 0 Å². The van der Waals surface area contributed by atoms with Crippen LogP contribution in [0, 0.1) is 19.7 Å². The van der Waals surface area contributed by atoms with Crippen LogP contribution < -0.4 is 4.90 Å². The maximum Gasteiger partial charge on any atom is 0.339 e. The topological polar surface area (TPSA) is 98.4 Å². The minimum Gasteiger partial charge on any atom is -0.507 e. The number of phenolic OH excluding ortho intramolecular Hbond substituents is 1. The predicted molar refractivity (Wildman–Crippen MR) is 177 cm³/mol. The molecule has 1 aliphatic rings. The van der Waals surface area contributed by atoms with Crippen LogP contribution in [0.25, 0.3) is 28.0 Å². The Kier molecular flexibility index (Phi) is 9.24. The SMILES string of the molecule is C=CCOC1(C)CCN(c2c([C@H](OC(C)(C)C)C(=O)OC)c(C)nc3cc(-c4cccc(-c5c(O)cc(C)cc5F)c4)nn23)CC1. The molecule has 2 aromatic carbocycles. The number of esters is 1. The second-order valence-corrected chi connectivity index (χ2v) is 13.1. The summed E-state index contributed by atoms with van der Waals surface area (Å²) < 4.78 is 34.5. The van der Waals surface area contributed by atoms with Crippen LogP contribution >= 0.6 is 0 Å². The molecule has 46 heavy (non-hydrogen) atoms. The number of methoxy groups -OCH3 is 1. The zero-order valence-corrected chi connectivity index (χ0v) is 27.7. The first-order chi connectivity index (χ1) is 21.7. The zero-order chi connectivity index (χ0) is 33.4. The van der Waals surface area contributed by atoms with E-state index in [0.717, 1.165) is 12.8 Å². The lowest BCUT2D eigenvalue weighted by Gasteiger charge is -2.41. The summed E-state index contributed by atoms with van der Waals surface area (Å²) in [5.41, 5.74) is 3.39. The number of anilines is 1. The Balaban J connectivity index is 1.67. The van der Waals surface area contributed by atoms with Crippen LogP contribution in [0.3, 0.4) is 0 Å². The number of benzene rings is 2. The van der Waals surface area contributed by atoms with E-state index in [1.165, 1.54) is 13.2 Å². The number of carbonyl (C=O) groups is 1. The van der Waals surface area contributed by atoms with Crippen molar-refractivity contribution in [1.82, 2.24) is 14.6 Å². The van der Waals surface area contributed by atoms with Crippen molar-refractivity contribution < 1.29 is 28.5 Å². The summed E-state index contributed by atoms with van der Waals surface area (Å²) in [6, 6.07) is 12.0. The van der Waals surface area contributed by atoms with Gasteiger partial charge in [0.15, 0.2) is 11.8 Å². The number of piperidine rings is 1. The van der Waals surface area contributed by atoms with Gasteiger partial charge in [0, 0.05) is 30.4 Å². The summed E-state index contributed by atoms with van der Waals surface area (Å²) in [5.74, 6) is -0.472. The maximum atomic E-state index is 15.0. The second kappa shape index (κ2) is 12.8. The average Bonchev–Trinajstić information content (AvgIpc) is 3.41. The number of carbonyl (C=O) groups excluding carboxylic acids is 1. The van der Waals surface area contributed by atoms with E-state index < -0.39 is 23.5 Å². The van der Waals surface area contributed by atoms with Gasteiger partial charge in [0.25, 0.3) is 0 Å². The molecule has 4 aromatic rings. The molecule has 1 fully saturated rings. The highest BCUT2D eigenvalue weighted by Crippen LogP contribution is 2.39. The lowest BCUT2D eigenvalue weighted by atomic mass is 9.92. The van der Waals surface area contributed by atoms with Gasteiger partial charge in [-0.15, -0.1) is 6.58 Å². The van der Waals surface area contributed by atoms with Crippen LogP contribution in [0.2, 0.25) is 0 Å². The van der Waals surface area contributed by atoms with Gasteiger partial charge in [-0.3, -0.25) is 0 Å². The molecule has 1 atom stereocenters. The summed E-state index contributed by atoms with van der Waals surface area (Å²) in [6.45, 7) is 16.9. The van der Waals surface area contributed by atoms with E-state index in [9.17, 15) is 14.3 Å². The van der Waals surface area contributed by atoms with Gasteiger partial charge in [-0.1, -0.05) is 24.3 Å². The van der Waals surface area contributed by atoms with Crippen LogP contribution in [0.15, 0.2) is 55.1 Å². The van der Waals surface area contributed by atoms with E-state index in [1.54, 1.807) is 41.8 Å². The largest absolute Gasteiger partial charge is 0.507 e. The Morgan fingerprint density at radius 3 is 2.48 bits per heavy atom. The molecular weight excluding hydrogens is 587 g/mol. The molecular formula is C36H43FN4O5. The Morgan fingerprint density at radius 1 is 1.15 bits per heavy atom. The number of aryl methyl sites for hydroxylation is 2. The van der Waals surface area contributed by atoms with Gasteiger partial charge in [0.1, 0.15) is 17.4 Å². The summed E-state index contributed by atoms with van der Waals surface area (Å²) in [7, 11) is 1.35. The summed E-state index contributed by atoms with van der Waals surface area (Å²) in [6.07, 6.45) is 2.19. The number of aromatic nitrogens is 3. The van der Waals surface area contributed by atoms with Gasteiger partial charge in [0.2, 0.25) is 0 Å². The van der Waals surface area contributed by atoms with Crippen molar-refractivity contribution in [2.45, 2.75) is 71.7 Å². The third-order valence-corrected chi connectivity index (χ3v) is 8.28. The molecule has 0 radical (unpaired) electrons. The molecule has 1 aliphatic heterocycles. The van der Waals surface area contributed by atoms with Crippen molar-refractivity contribution in [2.75, 3.05) is 31.7 Å². The highest BCUT2D eigenvalue weighted by molar-refractivity contribution is 5.81. The molecule has 0 unspecified atom stereocenters. The highest BCUT2D eigenvalue weighted by Gasteiger charge is 2.38. The smallest absolute Gasteiger partial charge is 0.339 e. The quantitative estimate of drug-likeness (QED) is 0.154. The number of nitrogens with zero attached hydrogens (tertiary/aromatic N) is 4. The van der Waals surface area contributed by atoms with Gasteiger partial charge >= 0.3 is 5.97 Å². The molecule has 1 saturated heterocycles. The minimum absolute atomic E-state index is 0.128. The average molecular weight is 631 g/mol.